The second-order valence-corrected chi connectivity index (χ2v) is 14.6. The monoisotopic (exact) mass is 725 g/mol. The average Bonchev–Trinajstić information content (AvgIpc) is 3.30. The van der Waals surface area contributed by atoms with Gasteiger partial charge < -0.3 is 4.90 Å². The maximum absolute atomic E-state index is 2.40. The lowest BCUT2D eigenvalue weighted by Crippen LogP contribution is -2.10. The van der Waals surface area contributed by atoms with Crippen LogP contribution >= 0.6 is 0 Å². The molecule has 0 atom stereocenters. The summed E-state index contributed by atoms with van der Waals surface area (Å²) in [4.78, 5) is 2.40. The molecule has 0 fully saturated rings. The van der Waals surface area contributed by atoms with Gasteiger partial charge in [-0.15, -0.1) is 0 Å². The van der Waals surface area contributed by atoms with Crippen LogP contribution in [-0.2, 0) is 0 Å². The summed E-state index contributed by atoms with van der Waals surface area (Å²) in [6.45, 7) is 0. The first-order chi connectivity index (χ1) is 28.2. The highest BCUT2D eigenvalue weighted by molar-refractivity contribution is 6.00. The second-order valence-electron chi connectivity index (χ2n) is 14.6. The zero-order valence-corrected chi connectivity index (χ0v) is 31.5. The molecule has 10 aromatic carbocycles. The van der Waals surface area contributed by atoms with E-state index in [1.165, 1.54) is 77.2 Å². The summed E-state index contributed by atoms with van der Waals surface area (Å²) in [5, 5.41) is 4.93. The highest BCUT2D eigenvalue weighted by Crippen LogP contribution is 2.42. The summed E-state index contributed by atoms with van der Waals surface area (Å²) < 4.78 is 0. The third-order valence-corrected chi connectivity index (χ3v) is 11.0. The van der Waals surface area contributed by atoms with Crippen LogP contribution in [0, 0.1) is 0 Å². The number of fused-ring (bicyclic) bond motifs is 2. The van der Waals surface area contributed by atoms with Crippen LogP contribution < -0.4 is 4.90 Å². The van der Waals surface area contributed by atoms with Crippen molar-refractivity contribution in [2.45, 2.75) is 0 Å². The van der Waals surface area contributed by atoms with Crippen LogP contribution in [-0.4, -0.2) is 0 Å². The molecule has 0 bridgehead atoms. The minimum atomic E-state index is 1.10. The lowest BCUT2D eigenvalue weighted by Gasteiger charge is -2.27. The molecule has 0 aromatic heterocycles. The zero-order valence-electron chi connectivity index (χ0n) is 31.5. The van der Waals surface area contributed by atoms with Crippen LogP contribution in [0.25, 0.3) is 77.2 Å². The maximum Gasteiger partial charge on any atom is 0.0540 e. The van der Waals surface area contributed by atoms with Crippen molar-refractivity contribution >= 4 is 38.6 Å². The Hall–Kier alpha value is -7.48. The molecule has 268 valence electrons. The first kappa shape index (κ1) is 34.0. The fraction of sp³-hybridized carbons (Fsp3) is 0. The van der Waals surface area contributed by atoms with Gasteiger partial charge in [-0.2, -0.15) is 0 Å². The highest BCUT2D eigenvalue weighted by atomic mass is 15.1. The predicted molar refractivity (Wildman–Crippen MR) is 243 cm³/mol. The summed E-state index contributed by atoms with van der Waals surface area (Å²) >= 11 is 0. The fourth-order valence-electron chi connectivity index (χ4n) is 8.19. The minimum absolute atomic E-state index is 1.10. The molecule has 10 rings (SSSR count). The van der Waals surface area contributed by atoms with Crippen LogP contribution in [0.5, 0.6) is 0 Å². The van der Waals surface area contributed by atoms with E-state index in [4.69, 9.17) is 0 Å². The number of anilines is 3. The van der Waals surface area contributed by atoms with Gasteiger partial charge in [0.25, 0.3) is 0 Å². The Labute approximate surface area is 334 Å². The van der Waals surface area contributed by atoms with Gasteiger partial charge in [0.15, 0.2) is 0 Å². The molecule has 0 spiro atoms. The molecule has 1 nitrogen and oxygen atoms in total. The van der Waals surface area contributed by atoms with E-state index in [9.17, 15) is 0 Å². The van der Waals surface area contributed by atoms with Crippen molar-refractivity contribution in [1.82, 2.24) is 0 Å². The molecule has 0 unspecified atom stereocenters. The van der Waals surface area contributed by atoms with Gasteiger partial charge in [-0.3, -0.25) is 0 Å². The van der Waals surface area contributed by atoms with E-state index in [0.717, 1.165) is 17.1 Å². The Bertz CT molecular complexity index is 2930. The Balaban J connectivity index is 1.08. The third-order valence-electron chi connectivity index (χ3n) is 11.0. The summed E-state index contributed by atoms with van der Waals surface area (Å²) in [5.74, 6) is 0. The van der Waals surface area contributed by atoms with Gasteiger partial charge in [0, 0.05) is 16.8 Å². The van der Waals surface area contributed by atoms with E-state index in [2.05, 4.69) is 241 Å². The highest BCUT2D eigenvalue weighted by Gasteiger charge is 2.17. The summed E-state index contributed by atoms with van der Waals surface area (Å²) in [6.07, 6.45) is 0. The van der Waals surface area contributed by atoms with Gasteiger partial charge in [0.05, 0.1) is 5.69 Å². The SMILES string of the molecule is c1ccc(-c2cc(-c3ccccc3)cc(-c3ccc(N(c4cccc(-c5cccc(-c6cccc7ccccc67)c5)c4)c4cccc5ccccc45)cc3)c2)cc1. The lowest BCUT2D eigenvalue weighted by atomic mass is 9.93. The Morgan fingerprint density at radius 3 is 1.33 bits per heavy atom. The van der Waals surface area contributed by atoms with Gasteiger partial charge in [-0.05, 0) is 126 Å². The molecule has 0 heterocycles. The molecule has 0 aliphatic carbocycles. The van der Waals surface area contributed by atoms with Gasteiger partial charge in [0.2, 0.25) is 0 Å². The molecule has 0 saturated carbocycles. The second kappa shape index (κ2) is 15.0. The van der Waals surface area contributed by atoms with Crippen LogP contribution in [0.15, 0.2) is 237 Å². The van der Waals surface area contributed by atoms with Crippen molar-refractivity contribution in [2.24, 2.45) is 0 Å². The number of nitrogens with zero attached hydrogens (tertiary/aromatic N) is 1. The average molecular weight is 726 g/mol. The number of benzene rings is 10. The zero-order chi connectivity index (χ0) is 38.0. The molecule has 0 aliphatic rings. The van der Waals surface area contributed by atoms with E-state index in [-0.39, 0.29) is 0 Å². The molecular weight excluding hydrogens is 687 g/mol. The maximum atomic E-state index is 2.40. The van der Waals surface area contributed by atoms with Crippen molar-refractivity contribution in [1.29, 1.82) is 0 Å². The fourth-order valence-corrected chi connectivity index (χ4v) is 8.19. The van der Waals surface area contributed by atoms with Crippen molar-refractivity contribution in [3.05, 3.63) is 237 Å². The first-order valence-electron chi connectivity index (χ1n) is 19.6. The van der Waals surface area contributed by atoms with Crippen LogP contribution in [0.4, 0.5) is 17.1 Å². The molecule has 57 heavy (non-hydrogen) atoms. The van der Waals surface area contributed by atoms with Gasteiger partial charge in [0.1, 0.15) is 0 Å². The summed E-state index contributed by atoms with van der Waals surface area (Å²) in [7, 11) is 0. The van der Waals surface area contributed by atoms with Crippen molar-refractivity contribution in [2.75, 3.05) is 4.90 Å². The van der Waals surface area contributed by atoms with E-state index < -0.39 is 0 Å². The van der Waals surface area contributed by atoms with E-state index in [0.29, 0.717) is 0 Å². The molecule has 0 radical (unpaired) electrons. The Morgan fingerprint density at radius 2 is 0.667 bits per heavy atom. The first-order valence-corrected chi connectivity index (χ1v) is 19.6. The topological polar surface area (TPSA) is 3.24 Å². The molecule has 1 heteroatoms. The van der Waals surface area contributed by atoms with Gasteiger partial charge in [-0.1, -0.05) is 182 Å². The number of rotatable bonds is 8. The van der Waals surface area contributed by atoms with E-state index in [1.54, 1.807) is 0 Å². The molecule has 0 amide bonds. The minimum Gasteiger partial charge on any atom is -0.310 e. The molecule has 0 N–H and O–H groups in total. The molecule has 10 aromatic rings. The number of hydrogen-bond acceptors (Lipinski definition) is 1. The Morgan fingerprint density at radius 1 is 0.228 bits per heavy atom. The van der Waals surface area contributed by atoms with Crippen molar-refractivity contribution in [3.8, 4) is 55.6 Å². The lowest BCUT2D eigenvalue weighted by molar-refractivity contribution is 1.30. The molecular formula is C56H39N. The van der Waals surface area contributed by atoms with Crippen molar-refractivity contribution in [3.63, 3.8) is 0 Å². The van der Waals surface area contributed by atoms with Crippen LogP contribution in [0.2, 0.25) is 0 Å². The van der Waals surface area contributed by atoms with Crippen molar-refractivity contribution < 1.29 is 0 Å². The van der Waals surface area contributed by atoms with E-state index in [1.807, 2.05) is 0 Å². The smallest absolute Gasteiger partial charge is 0.0540 e. The number of hydrogen-bond donors (Lipinski definition) is 0. The van der Waals surface area contributed by atoms with E-state index >= 15 is 0 Å². The predicted octanol–water partition coefficient (Wildman–Crippen LogP) is 15.8. The molecule has 0 aliphatic heterocycles. The largest absolute Gasteiger partial charge is 0.310 e. The quantitative estimate of drug-likeness (QED) is 0.151. The van der Waals surface area contributed by atoms with Gasteiger partial charge >= 0.3 is 0 Å². The standard InChI is InChI=1S/C56H39N/c1-3-15-40(16-4-1)48-36-49(41-17-5-2-6-18-41)38-50(37-48)42-31-33-51(34-32-42)57(56-30-14-22-44-20-8-10-28-55(44)56)52-26-12-24-46(39-52)45-23-11-25-47(35-45)54-29-13-21-43-19-7-9-27-53(43)54/h1-39H. The van der Waals surface area contributed by atoms with Gasteiger partial charge in [-0.25, -0.2) is 0 Å². The molecule has 0 saturated heterocycles. The van der Waals surface area contributed by atoms with Crippen LogP contribution in [0.1, 0.15) is 0 Å². The van der Waals surface area contributed by atoms with Crippen LogP contribution in [0.3, 0.4) is 0 Å². The third kappa shape index (κ3) is 6.77. The summed E-state index contributed by atoms with van der Waals surface area (Å²) in [6, 6.07) is 85.7. The Kier molecular flexibility index (Phi) is 8.95. The summed E-state index contributed by atoms with van der Waals surface area (Å²) in [5.41, 5.74) is 15.3. The normalized spacial score (nSPS) is 11.2.